The molecule has 3 aliphatic carbocycles. The number of nitrogens with zero attached hydrogens (tertiary/aromatic N) is 14. The molecule has 3 saturated carbocycles. The minimum atomic E-state index is -0.589. The molecular weight excluding hydrogens is 1560 g/mol. The van der Waals surface area contributed by atoms with Crippen LogP contribution in [0.4, 0.5) is 40.2 Å². The Morgan fingerprint density at radius 1 is 0.633 bits per heavy atom. The lowest BCUT2D eigenvalue weighted by molar-refractivity contribution is 0.0508. The maximum atomic E-state index is 14.5. The summed E-state index contributed by atoms with van der Waals surface area (Å²) in [5.41, 5.74) is 2.14. The number of amides is 3. The molecule has 0 saturated heterocycles. The van der Waals surface area contributed by atoms with Crippen molar-refractivity contribution in [3.63, 3.8) is 0 Å². The summed E-state index contributed by atoms with van der Waals surface area (Å²) in [6, 6.07) is 4.22. The highest BCUT2D eigenvalue weighted by Crippen LogP contribution is 2.46. The molecule has 0 radical (unpaired) electrons. The lowest BCUT2D eigenvalue weighted by Crippen LogP contribution is -2.47. The van der Waals surface area contributed by atoms with Crippen LogP contribution in [0.2, 0.25) is 0 Å². The van der Waals surface area contributed by atoms with E-state index in [1.54, 1.807) is 92.3 Å². The number of nitrogens with one attached hydrogen (secondary N) is 4. The van der Waals surface area contributed by atoms with Crippen LogP contribution in [0.15, 0.2) is 78.8 Å². The second-order valence-corrected chi connectivity index (χ2v) is 31.6. The third kappa shape index (κ3) is 21.4. The molecule has 13 heterocycles. The normalized spacial score (nSPS) is 19.8. The summed E-state index contributed by atoms with van der Waals surface area (Å²) in [5, 5.41) is 29.9. The van der Waals surface area contributed by atoms with Crippen LogP contribution in [-0.2, 0) is 38.6 Å². The molecule has 0 spiro atoms. The molecule has 2 bridgehead atoms. The van der Waals surface area contributed by atoms with E-state index in [2.05, 4.69) is 61.0 Å². The first-order chi connectivity index (χ1) is 57.4. The number of carbonyl (C=O) groups excluding carboxylic acids is 5. The van der Waals surface area contributed by atoms with Gasteiger partial charge < -0.3 is 83.4 Å². The van der Waals surface area contributed by atoms with Gasteiger partial charge in [-0.05, 0) is 159 Å². The fourth-order valence-corrected chi connectivity index (χ4v) is 15.0. The minimum absolute atomic E-state index is 0. The molecule has 9 atom stereocenters. The van der Waals surface area contributed by atoms with E-state index in [0.29, 0.717) is 138 Å². The van der Waals surface area contributed by atoms with Gasteiger partial charge in [-0.15, -0.1) is 0 Å². The topological polar surface area (TPSA) is 384 Å². The Balaban J connectivity index is 0.000000164. The van der Waals surface area contributed by atoms with Crippen LogP contribution < -0.4 is 59.9 Å². The van der Waals surface area contributed by atoms with Gasteiger partial charge in [-0.1, -0.05) is 21.3 Å². The molecule has 16 rings (SSSR count). The summed E-state index contributed by atoms with van der Waals surface area (Å²) >= 11 is 0. The number of esters is 2. The predicted molar refractivity (Wildman–Crippen MR) is 436 cm³/mol. The van der Waals surface area contributed by atoms with E-state index in [-0.39, 0.29) is 105 Å². The van der Waals surface area contributed by atoms with Gasteiger partial charge in [0.1, 0.15) is 63.7 Å². The van der Waals surface area contributed by atoms with E-state index < -0.39 is 58.9 Å². The van der Waals surface area contributed by atoms with Gasteiger partial charge in [-0.25, -0.2) is 70.8 Å². The molecular formula is C83H109F3N18O16. The summed E-state index contributed by atoms with van der Waals surface area (Å²) in [6.07, 6.45) is 20.8. The molecule has 4 aliphatic heterocycles. The minimum Gasteiger partial charge on any atom is -0.483 e. The van der Waals surface area contributed by atoms with E-state index in [4.69, 9.17) is 59.1 Å². The molecule has 0 aromatic carbocycles. The van der Waals surface area contributed by atoms with Gasteiger partial charge in [0, 0.05) is 56.7 Å². The second-order valence-electron chi connectivity index (χ2n) is 31.6. The fraction of sp³-hybridized carbons (Fsp3) is 0.542. The number of hydrogen-bond acceptors (Lipinski definition) is 27. The quantitative estimate of drug-likeness (QED) is 0.0443. The number of anilines is 3. The Morgan fingerprint density at radius 2 is 1.12 bits per heavy atom. The molecule has 9 aromatic rings. The highest BCUT2D eigenvalue weighted by Gasteiger charge is 2.45. The Bertz CT molecular complexity index is 5190. The maximum Gasteiger partial charge on any atom is 0.407 e. The monoisotopic (exact) mass is 1670 g/mol. The van der Waals surface area contributed by atoms with Crippen LogP contribution in [0, 0.1) is 17.5 Å². The average molecular weight is 1670 g/mol. The molecule has 648 valence electrons. The third-order valence-corrected chi connectivity index (χ3v) is 20.3. The fourth-order valence-electron chi connectivity index (χ4n) is 15.0. The molecule has 37 heteroatoms. The Hall–Kier alpha value is -11.8. The Kier molecular flexibility index (Phi) is 28.4. The number of halogens is 3. The number of fused-ring (bicyclic) bond motifs is 9. The van der Waals surface area contributed by atoms with Gasteiger partial charge in [-0.2, -0.15) is 15.3 Å². The molecule has 0 unspecified atom stereocenters. The first kappa shape index (κ1) is 87.5. The lowest BCUT2D eigenvalue weighted by atomic mass is 10.1. The summed E-state index contributed by atoms with van der Waals surface area (Å²) in [6.45, 7) is 24.5. The van der Waals surface area contributed by atoms with E-state index in [9.17, 15) is 41.9 Å². The Labute approximate surface area is 694 Å². The van der Waals surface area contributed by atoms with Crippen molar-refractivity contribution in [1.29, 1.82) is 0 Å². The van der Waals surface area contributed by atoms with Crippen LogP contribution in [0.5, 0.6) is 29.0 Å². The number of aliphatic hydroxyl groups excluding tert-OH is 1. The van der Waals surface area contributed by atoms with Crippen LogP contribution in [0.3, 0.4) is 0 Å². The highest BCUT2D eigenvalue weighted by atomic mass is 19.1. The van der Waals surface area contributed by atoms with Crippen LogP contribution in [0.25, 0.3) is 16.9 Å². The van der Waals surface area contributed by atoms with Crippen molar-refractivity contribution < 1.29 is 86.3 Å². The lowest BCUT2D eigenvalue weighted by Gasteiger charge is -2.39. The van der Waals surface area contributed by atoms with Gasteiger partial charge >= 0.3 is 24.1 Å². The van der Waals surface area contributed by atoms with Gasteiger partial charge in [0.15, 0.2) is 51.6 Å². The zero-order chi connectivity index (χ0) is 85.9. The third-order valence-electron chi connectivity index (χ3n) is 20.3. The van der Waals surface area contributed by atoms with E-state index in [1.807, 2.05) is 18.7 Å². The van der Waals surface area contributed by atoms with Crippen molar-refractivity contribution in [2.45, 2.75) is 260 Å². The molecule has 3 fully saturated rings. The largest absolute Gasteiger partial charge is 0.483 e. The number of aromatic nitrogens is 12. The number of carbonyl (C=O) groups is 5. The van der Waals surface area contributed by atoms with Crippen molar-refractivity contribution in [2.24, 2.45) is 0 Å². The Morgan fingerprint density at radius 3 is 1.67 bits per heavy atom. The maximum absolute atomic E-state index is 14.5. The summed E-state index contributed by atoms with van der Waals surface area (Å²) in [7, 11) is 0. The van der Waals surface area contributed by atoms with Crippen LogP contribution >= 0.6 is 0 Å². The van der Waals surface area contributed by atoms with Crippen LogP contribution in [-0.4, -0.2) is 193 Å². The zero-order valence-electron chi connectivity index (χ0n) is 69.9. The van der Waals surface area contributed by atoms with Gasteiger partial charge in [0.2, 0.25) is 11.8 Å². The standard InChI is InChI=1S/C29H37FN6O6.C22H23FN6O3.C20H20FN5O4.C9H19NO3.C2H6.CH4/c1-6-39-27(37)20-14-33-36-16-23-25(34-24(20)36)35(21-8-7-9-22(21)41-23)15-18-12-19(30)13-32-26(18)40-17(2)10-11-31-28(38)42-29(3,4)5;1-12-5-6-24-21(30)15-9-26-29-11-18-20(27-19(15)29)28(16-3-2-4-17(16)32-18)10-13-7-14(23)8-25-22(13)31-12;1-2-29-20(28)13-8-23-26-10-16-18(24-17(13)26)25(14-4-3-5-15(14)30-16)9-11-6-12(21)7-22-19(11)27;1-7(11)5-6-10-8(12)13-9(2,3)4;1-2;/h12-14,16-17,21-22H,6-11,15H2,1-5H3,(H,31,38);7-9,11-12,16-17H,2-6,10H2,1H3,(H,24,30);6-8,10,14-15H,2-5,9H2,1H3,(H,22,27);7,11H,5-6H2,1-4H3,(H,10,12);1-2H3;1H4/t17-,21+,22-;12-,16+,17-;14-,15+;7-;;/m0011../s1/i;;;;1D;. The number of rotatable bonds is 16. The first-order valence-corrected chi connectivity index (χ1v) is 40.3. The summed E-state index contributed by atoms with van der Waals surface area (Å²) in [4.78, 5) is 104. The predicted octanol–water partition coefficient (Wildman–Crippen LogP) is 11.9. The number of ether oxygens (including phenoxy) is 9. The number of pyridine rings is 3. The molecule has 120 heavy (non-hydrogen) atoms. The molecule has 5 N–H and O–H groups in total. The highest BCUT2D eigenvalue weighted by molar-refractivity contribution is 6.00. The molecule has 9 aromatic heterocycles. The van der Waals surface area contributed by atoms with Crippen molar-refractivity contribution in [3.8, 4) is 29.0 Å². The summed E-state index contributed by atoms with van der Waals surface area (Å²) < 4.78 is 105. The number of hydrogen-bond donors (Lipinski definition) is 5. The number of aliphatic hydroxyl groups is 1. The van der Waals surface area contributed by atoms with Crippen LogP contribution in [0.1, 0.15) is 224 Å². The van der Waals surface area contributed by atoms with Crippen molar-refractivity contribution in [1.82, 2.24) is 74.7 Å². The number of H-pyrrole nitrogens is 1. The average Bonchev–Trinajstić information content (AvgIpc) is 1.65. The number of aromatic amines is 1. The number of alkyl carbamates (subject to hydrolysis) is 2. The smallest absolute Gasteiger partial charge is 0.407 e. The first-order valence-electron chi connectivity index (χ1n) is 41.0. The molecule has 3 amide bonds. The van der Waals surface area contributed by atoms with Crippen molar-refractivity contribution in [2.75, 3.05) is 47.5 Å². The summed E-state index contributed by atoms with van der Waals surface area (Å²) in [5.74, 6) is 1.31. The van der Waals surface area contributed by atoms with E-state index in [1.165, 1.54) is 52.0 Å². The van der Waals surface area contributed by atoms with Crippen molar-refractivity contribution >= 4 is 64.4 Å². The molecule has 34 nitrogen and oxygen atoms in total. The zero-order valence-corrected chi connectivity index (χ0v) is 68.9. The van der Waals surface area contributed by atoms with Gasteiger partial charge in [-0.3, -0.25) is 9.59 Å². The van der Waals surface area contributed by atoms with E-state index >= 15 is 0 Å². The second kappa shape index (κ2) is 38.9. The van der Waals surface area contributed by atoms with Gasteiger partial charge in [0.25, 0.3) is 11.5 Å². The van der Waals surface area contributed by atoms with E-state index in [0.717, 1.165) is 70.2 Å². The van der Waals surface area contributed by atoms with Crippen molar-refractivity contribution in [3.05, 3.63) is 135 Å². The SMILES string of the molecule is C.CCOC(=O)c1cnn2cc3c(nc12)N(Cc1cc(F)c[nH]c1=O)[C@@H]1CCC[C@@H]1O3.CCOC(=O)c1cnn2cc3c(nc12)N(Cc1cc(F)cnc1O[C@@H](C)CCNC(=O)OC(C)(C)C)[C@@H]1CCC[C@@H]1O3.C[C@@H](O)CCNC(=O)OC(C)(C)C.C[C@H]1CCNC(=O)c2cnn3cc4c(nc23)N(Cc2cc(F)cnc2O1)[C@@H]1CCC[C@@H]1O4.[2H]CC. The molecule has 7 aliphatic rings. The van der Waals surface area contributed by atoms with Gasteiger partial charge in [0.05, 0.1) is 119 Å².